The molecule has 1 aliphatic carbocycles. The molecule has 1 aromatic rings. The fourth-order valence-corrected chi connectivity index (χ4v) is 4.69. The fourth-order valence-electron chi connectivity index (χ4n) is 4.69. The summed E-state index contributed by atoms with van der Waals surface area (Å²) in [6.07, 6.45) is 4.46. The number of nitrogens with zero attached hydrogens (tertiary/aromatic N) is 3. The molecule has 0 bridgehead atoms. The van der Waals surface area contributed by atoms with E-state index in [2.05, 4.69) is 4.90 Å². The highest BCUT2D eigenvalue weighted by molar-refractivity contribution is 5.94. The predicted octanol–water partition coefficient (Wildman–Crippen LogP) is 3.15. The Morgan fingerprint density at radius 3 is 2.24 bits per heavy atom. The van der Waals surface area contributed by atoms with Gasteiger partial charge in [-0.15, -0.1) is 0 Å². The SMILES string of the molecule is CCN(CC)C(=O)C(C1CCCC1)N1CCN(C(=O)c2ccc(F)cc2F)CC1. The molecule has 2 amide bonds. The number of likely N-dealkylation sites (N-methyl/N-ethyl adjacent to an activating group) is 1. The first kappa shape index (κ1) is 21.7. The molecule has 2 aliphatic rings. The molecule has 7 heteroatoms. The summed E-state index contributed by atoms with van der Waals surface area (Å²) >= 11 is 0. The average molecular weight is 408 g/mol. The number of carbonyl (C=O) groups is 2. The molecular formula is C22H31F2N3O2. The first-order valence-corrected chi connectivity index (χ1v) is 10.7. The van der Waals surface area contributed by atoms with Crippen LogP contribution in [0.1, 0.15) is 49.9 Å². The van der Waals surface area contributed by atoms with Gasteiger partial charge in [0.1, 0.15) is 11.6 Å². The van der Waals surface area contributed by atoms with Crippen LogP contribution in [0.25, 0.3) is 0 Å². The zero-order chi connectivity index (χ0) is 21.0. The van der Waals surface area contributed by atoms with Crippen LogP contribution in [0, 0.1) is 17.6 Å². The van der Waals surface area contributed by atoms with Crippen LogP contribution in [-0.4, -0.2) is 71.8 Å². The summed E-state index contributed by atoms with van der Waals surface area (Å²) in [4.78, 5) is 31.6. The zero-order valence-corrected chi connectivity index (χ0v) is 17.4. The van der Waals surface area contributed by atoms with E-state index in [1.165, 1.54) is 6.07 Å². The number of halogens is 2. The molecule has 0 spiro atoms. The van der Waals surface area contributed by atoms with Crippen molar-refractivity contribution in [1.82, 2.24) is 14.7 Å². The summed E-state index contributed by atoms with van der Waals surface area (Å²) in [5.74, 6) is -1.41. The second-order valence-corrected chi connectivity index (χ2v) is 7.95. The van der Waals surface area contributed by atoms with Crippen molar-refractivity contribution in [2.24, 2.45) is 5.92 Å². The third-order valence-electron chi connectivity index (χ3n) is 6.33. The summed E-state index contributed by atoms with van der Waals surface area (Å²) in [6, 6.07) is 2.90. The highest BCUT2D eigenvalue weighted by atomic mass is 19.1. The first-order valence-electron chi connectivity index (χ1n) is 10.7. The monoisotopic (exact) mass is 407 g/mol. The van der Waals surface area contributed by atoms with Crippen LogP contribution in [0.15, 0.2) is 18.2 Å². The Morgan fingerprint density at radius 2 is 1.69 bits per heavy atom. The van der Waals surface area contributed by atoms with Crippen molar-refractivity contribution in [3.05, 3.63) is 35.4 Å². The smallest absolute Gasteiger partial charge is 0.256 e. The normalized spacial score (nSPS) is 19.4. The molecular weight excluding hydrogens is 376 g/mol. The maximum atomic E-state index is 14.0. The number of amides is 2. The van der Waals surface area contributed by atoms with Gasteiger partial charge in [-0.05, 0) is 44.7 Å². The highest BCUT2D eigenvalue weighted by Gasteiger charge is 2.39. The predicted molar refractivity (Wildman–Crippen MR) is 108 cm³/mol. The Morgan fingerprint density at radius 1 is 1.07 bits per heavy atom. The van der Waals surface area contributed by atoms with Gasteiger partial charge in [0.05, 0.1) is 11.6 Å². The summed E-state index contributed by atoms with van der Waals surface area (Å²) in [6.45, 7) is 7.43. The summed E-state index contributed by atoms with van der Waals surface area (Å²) in [5.41, 5.74) is -0.105. The lowest BCUT2D eigenvalue weighted by atomic mass is 9.94. The Hall–Kier alpha value is -2.02. The lowest BCUT2D eigenvalue weighted by molar-refractivity contribution is -0.139. The van der Waals surface area contributed by atoms with Gasteiger partial charge in [0.25, 0.3) is 5.91 Å². The third kappa shape index (κ3) is 4.77. The van der Waals surface area contributed by atoms with Crippen molar-refractivity contribution in [1.29, 1.82) is 0 Å². The second kappa shape index (κ2) is 9.65. The lowest BCUT2D eigenvalue weighted by Crippen LogP contribution is -2.58. The van der Waals surface area contributed by atoms with Crippen molar-refractivity contribution < 1.29 is 18.4 Å². The quantitative estimate of drug-likeness (QED) is 0.728. The average Bonchev–Trinajstić information content (AvgIpc) is 3.23. The molecule has 1 heterocycles. The molecule has 0 aromatic heterocycles. The van der Waals surface area contributed by atoms with E-state index in [1.54, 1.807) is 4.90 Å². The van der Waals surface area contributed by atoms with E-state index in [0.29, 0.717) is 45.2 Å². The molecule has 1 aromatic carbocycles. The number of hydrogen-bond acceptors (Lipinski definition) is 3. The van der Waals surface area contributed by atoms with Gasteiger partial charge in [0, 0.05) is 45.3 Å². The minimum atomic E-state index is -0.835. The molecule has 1 aliphatic heterocycles. The molecule has 1 atom stereocenters. The Kier molecular flexibility index (Phi) is 7.22. The summed E-state index contributed by atoms with van der Waals surface area (Å²) in [5, 5.41) is 0. The molecule has 160 valence electrons. The van der Waals surface area contributed by atoms with Crippen LogP contribution >= 0.6 is 0 Å². The fraction of sp³-hybridized carbons (Fsp3) is 0.636. The van der Waals surface area contributed by atoms with Crippen molar-refractivity contribution in [3.63, 3.8) is 0 Å². The summed E-state index contributed by atoms with van der Waals surface area (Å²) < 4.78 is 27.1. The van der Waals surface area contributed by atoms with Gasteiger partial charge in [-0.2, -0.15) is 0 Å². The molecule has 29 heavy (non-hydrogen) atoms. The van der Waals surface area contributed by atoms with Gasteiger partial charge >= 0.3 is 0 Å². The van der Waals surface area contributed by atoms with E-state index in [4.69, 9.17) is 0 Å². The minimum absolute atomic E-state index is 0.105. The molecule has 3 rings (SSSR count). The molecule has 0 radical (unpaired) electrons. The lowest BCUT2D eigenvalue weighted by Gasteiger charge is -2.42. The Labute approximate surface area is 171 Å². The molecule has 0 N–H and O–H groups in total. The van der Waals surface area contributed by atoms with Crippen LogP contribution in [0.4, 0.5) is 8.78 Å². The molecule has 1 saturated heterocycles. The number of carbonyl (C=O) groups excluding carboxylic acids is 2. The topological polar surface area (TPSA) is 43.9 Å². The van der Waals surface area contributed by atoms with Crippen LogP contribution < -0.4 is 0 Å². The number of piperazine rings is 1. The van der Waals surface area contributed by atoms with Crippen LogP contribution in [0.5, 0.6) is 0 Å². The second-order valence-electron chi connectivity index (χ2n) is 7.95. The largest absolute Gasteiger partial charge is 0.342 e. The maximum absolute atomic E-state index is 14.0. The van der Waals surface area contributed by atoms with Crippen LogP contribution in [0.2, 0.25) is 0 Å². The highest BCUT2D eigenvalue weighted by Crippen LogP contribution is 2.32. The van der Waals surface area contributed by atoms with Crippen LogP contribution in [-0.2, 0) is 4.79 Å². The van der Waals surface area contributed by atoms with Gasteiger partial charge < -0.3 is 9.80 Å². The van der Waals surface area contributed by atoms with E-state index in [-0.39, 0.29) is 17.5 Å². The molecule has 1 saturated carbocycles. The minimum Gasteiger partial charge on any atom is -0.342 e. The van der Waals surface area contributed by atoms with E-state index >= 15 is 0 Å². The van der Waals surface area contributed by atoms with Crippen molar-refractivity contribution in [2.75, 3.05) is 39.3 Å². The number of hydrogen-bond donors (Lipinski definition) is 0. The van der Waals surface area contributed by atoms with E-state index < -0.39 is 17.5 Å². The van der Waals surface area contributed by atoms with Crippen molar-refractivity contribution in [3.8, 4) is 0 Å². The summed E-state index contributed by atoms with van der Waals surface area (Å²) in [7, 11) is 0. The van der Waals surface area contributed by atoms with Gasteiger partial charge in [0.2, 0.25) is 5.91 Å². The Balaban J connectivity index is 1.69. The van der Waals surface area contributed by atoms with Gasteiger partial charge in [-0.3, -0.25) is 14.5 Å². The van der Waals surface area contributed by atoms with Crippen LogP contribution in [0.3, 0.4) is 0 Å². The molecule has 2 fully saturated rings. The maximum Gasteiger partial charge on any atom is 0.256 e. The standard InChI is InChI=1S/C22H31F2N3O2/c1-3-25(4-2)22(29)20(16-7-5-6-8-16)26-11-13-27(14-12-26)21(28)18-10-9-17(23)15-19(18)24/h9-10,15-16,20H,3-8,11-14H2,1-2H3. The van der Waals surface area contributed by atoms with Gasteiger partial charge in [0.15, 0.2) is 0 Å². The molecule has 5 nitrogen and oxygen atoms in total. The van der Waals surface area contributed by atoms with E-state index in [9.17, 15) is 18.4 Å². The number of benzene rings is 1. The Bertz CT molecular complexity index is 725. The van der Waals surface area contributed by atoms with Crippen molar-refractivity contribution >= 4 is 11.8 Å². The number of rotatable bonds is 6. The van der Waals surface area contributed by atoms with E-state index in [1.807, 2.05) is 18.7 Å². The van der Waals surface area contributed by atoms with Gasteiger partial charge in [-0.25, -0.2) is 8.78 Å². The molecule has 1 unspecified atom stereocenters. The van der Waals surface area contributed by atoms with E-state index in [0.717, 1.165) is 37.8 Å². The first-order chi connectivity index (χ1) is 14.0. The van der Waals surface area contributed by atoms with Crippen molar-refractivity contribution in [2.45, 2.75) is 45.6 Å². The van der Waals surface area contributed by atoms with Gasteiger partial charge in [-0.1, -0.05) is 12.8 Å². The zero-order valence-electron chi connectivity index (χ0n) is 17.4. The third-order valence-corrected chi connectivity index (χ3v) is 6.33.